The maximum absolute atomic E-state index is 6.04. The standard InChI is InChI=1S/C17H31N3O/c1-6-9-10-14(7-2)11-21-17-15(13(4)5)16(18-8-3)19-12-20-17/h12-14H,6-11H2,1-5H3,(H,18,19,20). The lowest BCUT2D eigenvalue weighted by Crippen LogP contribution is -2.15. The molecule has 0 aliphatic rings. The van der Waals surface area contributed by atoms with E-state index in [1.807, 2.05) is 0 Å². The number of hydrogen-bond acceptors (Lipinski definition) is 4. The van der Waals surface area contributed by atoms with Crippen molar-refractivity contribution in [2.75, 3.05) is 18.5 Å². The number of rotatable bonds is 10. The molecule has 0 radical (unpaired) electrons. The third kappa shape index (κ3) is 5.52. The Morgan fingerprint density at radius 3 is 2.52 bits per heavy atom. The van der Waals surface area contributed by atoms with Gasteiger partial charge >= 0.3 is 0 Å². The molecule has 0 aliphatic heterocycles. The van der Waals surface area contributed by atoms with Crippen LogP contribution in [0.3, 0.4) is 0 Å². The molecule has 1 aromatic heterocycles. The van der Waals surface area contributed by atoms with E-state index in [2.05, 4.69) is 49.9 Å². The Kier molecular flexibility index (Phi) is 8.09. The van der Waals surface area contributed by atoms with E-state index in [4.69, 9.17) is 4.74 Å². The van der Waals surface area contributed by atoms with Crippen molar-refractivity contribution in [2.24, 2.45) is 5.92 Å². The smallest absolute Gasteiger partial charge is 0.222 e. The van der Waals surface area contributed by atoms with E-state index in [9.17, 15) is 0 Å². The Morgan fingerprint density at radius 1 is 1.19 bits per heavy atom. The summed E-state index contributed by atoms with van der Waals surface area (Å²) < 4.78 is 6.04. The lowest BCUT2D eigenvalue weighted by atomic mass is 10.0. The highest BCUT2D eigenvalue weighted by atomic mass is 16.5. The fourth-order valence-corrected chi connectivity index (χ4v) is 2.42. The zero-order valence-electron chi connectivity index (χ0n) is 14.3. The van der Waals surface area contributed by atoms with E-state index in [1.165, 1.54) is 19.3 Å². The molecular formula is C17H31N3O. The van der Waals surface area contributed by atoms with Gasteiger partial charge in [-0.2, -0.15) is 0 Å². The number of ether oxygens (including phenoxy) is 1. The van der Waals surface area contributed by atoms with E-state index < -0.39 is 0 Å². The molecule has 1 atom stereocenters. The average Bonchev–Trinajstić information content (AvgIpc) is 2.47. The minimum atomic E-state index is 0.339. The first-order chi connectivity index (χ1) is 10.1. The summed E-state index contributed by atoms with van der Waals surface area (Å²) in [6, 6.07) is 0. The van der Waals surface area contributed by atoms with Crippen LogP contribution in [-0.2, 0) is 0 Å². The van der Waals surface area contributed by atoms with Gasteiger partial charge in [-0.15, -0.1) is 0 Å². The van der Waals surface area contributed by atoms with E-state index in [0.717, 1.165) is 36.8 Å². The van der Waals surface area contributed by atoms with Crippen LogP contribution in [0.4, 0.5) is 5.82 Å². The molecule has 0 spiro atoms. The van der Waals surface area contributed by atoms with E-state index >= 15 is 0 Å². The van der Waals surface area contributed by atoms with Crippen LogP contribution in [0.2, 0.25) is 0 Å². The second-order valence-electron chi connectivity index (χ2n) is 5.85. The van der Waals surface area contributed by atoms with Gasteiger partial charge in [0.25, 0.3) is 0 Å². The van der Waals surface area contributed by atoms with Crippen LogP contribution in [0.25, 0.3) is 0 Å². The maximum atomic E-state index is 6.04. The first-order valence-electron chi connectivity index (χ1n) is 8.35. The van der Waals surface area contributed by atoms with Crippen molar-refractivity contribution in [3.8, 4) is 5.88 Å². The predicted octanol–water partition coefficient (Wildman–Crippen LogP) is 4.63. The molecule has 1 heterocycles. The van der Waals surface area contributed by atoms with Crippen LogP contribution in [-0.4, -0.2) is 23.1 Å². The van der Waals surface area contributed by atoms with Gasteiger partial charge in [-0.3, -0.25) is 0 Å². The number of anilines is 1. The molecule has 1 N–H and O–H groups in total. The monoisotopic (exact) mass is 293 g/mol. The van der Waals surface area contributed by atoms with E-state index in [-0.39, 0.29) is 0 Å². The second-order valence-corrected chi connectivity index (χ2v) is 5.85. The van der Waals surface area contributed by atoms with Gasteiger partial charge < -0.3 is 10.1 Å². The molecule has 21 heavy (non-hydrogen) atoms. The Morgan fingerprint density at radius 2 is 1.95 bits per heavy atom. The Labute approximate surface area is 129 Å². The van der Waals surface area contributed by atoms with Crippen LogP contribution in [0.1, 0.15) is 71.8 Å². The van der Waals surface area contributed by atoms with Gasteiger partial charge in [0.05, 0.1) is 12.2 Å². The van der Waals surface area contributed by atoms with Gasteiger partial charge in [0.2, 0.25) is 5.88 Å². The third-order valence-electron chi connectivity index (χ3n) is 3.77. The second kappa shape index (κ2) is 9.59. The summed E-state index contributed by atoms with van der Waals surface area (Å²) in [5.74, 6) is 2.60. The zero-order valence-corrected chi connectivity index (χ0v) is 14.3. The molecule has 0 saturated heterocycles. The van der Waals surface area contributed by atoms with Crippen molar-refractivity contribution >= 4 is 5.82 Å². The molecule has 1 unspecified atom stereocenters. The van der Waals surface area contributed by atoms with Crippen molar-refractivity contribution in [3.63, 3.8) is 0 Å². The van der Waals surface area contributed by atoms with Crippen molar-refractivity contribution in [2.45, 2.75) is 66.2 Å². The number of hydrogen-bond donors (Lipinski definition) is 1. The van der Waals surface area contributed by atoms with Gasteiger partial charge in [0.1, 0.15) is 12.1 Å². The molecule has 4 heteroatoms. The minimum Gasteiger partial charge on any atom is -0.477 e. The van der Waals surface area contributed by atoms with Crippen LogP contribution < -0.4 is 10.1 Å². The van der Waals surface area contributed by atoms with Crippen molar-refractivity contribution in [1.82, 2.24) is 9.97 Å². The van der Waals surface area contributed by atoms with Crippen LogP contribution in [0, 0.1) is 5.92 Å². The molecule has 0 fully saturated rings. The average molecular weight is 293 g/mol. The lowest BCUT2D eigenvalue weighted by Gasteiger charge is -2.19. The number of nitrogens with one attached hydrogen (secondary N) is 1. The van der Waals surface area contributed by atoms with E-state index in [1.54, 1.807) is 6.33 Å². The Hall–Kier alpha value is -1.32. The highest BCUT2D eigenvalue weighted by Crippen LogP contribution is 2.30. The first-order valence-corrected chi connectivity index (χ1v) is 8.35. The van der Waals surface area contributed by atoms with Gasteiger partial charge in [-0.25, -0.2) is 9.97 Å². The molecule has 120 valence electrons. The Balaban J connectivity index is 2.79. The maximum Gasteiger partial charge on any atom is 0.222 e. The van der Waals surface area contributed by atoms with Crippen molar-refractivity contribution < 1.29 is 4.74 Å². The largest absolute Gasteiger partial charge is 0.477 e. The zero-order chi connectivity index (χ0) is 15.7. The molecule has 0 aromatic carbocycles. The molecule has 1 rings (SSSR count). The third-order valence-corrected chi connectivity index (χ3v) is 3.77. The SMILES string of the molecule is CCCCC(CC)COc1ncnc(NCC)c1C(C)C. The van der Waals surface area contributed by atoms with Gasteiger partial charge in [0.15, 0.2) is 0 Å². The normalized spacial score (nSPS) is 12.5. The Bertz CT molecular complexity index is 407. The van der Waals surface area contributed by atoms with Gasteiger partial charge in [-0.1, -0.05) is 47.0 Å². The minimum absolute atomic E-state index is 0.339. The number of nitrogens with zero attached hydrogens (tertiary/aromatic N) is 2. The van der Waals surface area contributed by atoms with Crippen LogP contribution in [0.15, 0.2) is 6.33 Å². The highest BCUT2D eigenvalue weighted by Gasteiger charge is 2.17. The fraction of sp³-hybridized carbons (Fsp3) is 0.765. The van der Waals surface area contributed by atoms with Crippen molar-refractivity contribution in [3.05, 3.63) is 11.9 Å². The van der Waals surface area contributed by atoms with Gasteiger partial charge in [-0.05, 0) is 25.2 Å². The summed E-state index contributed by atoms with van der Waals surface area (Å²) in [5, 5.41) is 3.30. The molecule has 4 nitrogen and oxygen atoms in total. The summed E-state index contributed by atoms with van der Waals surface area (Å²) in [6.07, 6.45) is 6.49. The molecule has 0 bridgehead atoms. The molecule has 0 aliphatic carbocycles. The van der Waals surface area contributed by atoms with Gasteiger partial charge in [0, 0.05) is 6.54 Å². The summed E-state index contributed by atoms with van der Waals surface area (Å²) in [7, 11) is 0. The molecular weight excluding hydrogens is 262 g/mol. The van der Waals surface area contributed by atoms with Crippen molar-refractivity contribution in [1.29, 1.82) is 0 Å². The van der Waals surface area contributed by atoms with Crippen LogP contribution >= 0.6 is 0 Å². The number of unbranched alkanes of at least 4 members (excludes halogenated alkanes) is 1. The quantitative estimate of drug-likeness (QED) is 0.683. The molecule has 0 saturated carbocycles. The highest BCUT2D eigenvalue weighted by molar-refractivity contribution is 5.50. The predicted molar refractivity (Wildman–Crippen MR) is 89.1 cm³/mol. The number of aromatic nitrogens is 2. The van der Waals surface area contributed by atoms with Crippen LogP contribution in [0.5, 0.6) is 5.88 Å². The topological polar surface area (TPSA) is 47.0 Å². The summed E-state index contributed by atoms with van der Waals surface area (Å²) in [4.78, 5) is 8.70. The fourth-order valence-electron chi connectivity index (χ4n) is 2.42. The first kappa shape index (κ1) is 17.7. The molecule has 1 aromatic rings. The lowest BCUT2D eigenvalue weighted by molar-refractivity contribution is 0.223. The summed E-state index contributed by atoms with van der Waals surface area (Å²) in [6.45, 7) is 12.4. The summed E-state index contributed by atoms with van der Waals surface area (Å²) in [5.41, 5.74) is 1.09. The summed E-state index contributed by atoms with van der Waals surface area (Å²) >= 11 is 0. The molecule has 0 amide bonds. The van der Waals surface area contributed by atoms with E-state index in [0.29, 0.717) is 11.8 Å².